The monoisotopic (exact) mass is 219 g/mol. The quantitative estimate of drug-likeness (QED) is 0.712. The molecule has 2 heteroatoms. The van der Waals surface area contributed by atoms with Crippen LogP contribution in [0.3, 0.4) is 0 Å². The topological polar surface area (TPSA) is 23.8 Å². The number of nitrogens with zero attached hydrogens (tertiary/aromatic N) is 1. The Bertz CT molecular complexity index is 375. The molecule has 0 aliphatic heterocycles. The maximum atomic E-state index is 9.07. The van der Waals surface area contributed by atoms with E-state index in [1.54, 1.807) is 11.8 Å². The first-order valence-corrected chi connectivity index (χ1v) is 6.13. The lowest BCUT2D eigenvalue weighted by Gasteiger charge is -2.10. The summed E-state index contributed by atoms with van der Waals surface area (Å²) in [5.74, 6) is 0.482. The Kier molecular flexibility index (Phi) is 4.23. The maximum absolute atomic E-state index is 9.07. The summed E-state index contributed by atoms with van der Waals surface area (Å²) in [7, 11) is 0. The summed E-state index contributed by atoms with van der Waals surface area (Å²) >= 11 is 1.75. The summed E-state index contributed by atoms with van der Waals surface area (Å²) in [6.07, 6.45) is 0. The Labute approximate surface area is 96.5 Å². The van der Waals surface area contributed by atoms with E-state index in [-0.39, 0.29) is 0 Å². The van der Waals surface area contributed by atoms with Gasteiger partial charge in [-0.1, -0.05) is 33.8 Å². The van der Waals surface area contributed by atoms with Crippen molar-refractivity contribution in [2.75, 3.05) is 0 Å². The van der Waals surface area contributed by atoms with E-state index in [4.69, 9.17) is 5.26 Å². The van der Waals surface area contributed by atoms with Crippen LogP contribution in [0.4, 0.5) is 0 Å². The van der Waals surface area contributed by atoms with Crippen molar-refractivity contribution < 1.29 is 0 Å². The lowest BCUT2D eigenvalue weighted by atomic mass is 10.0. The summed E-state index contributed by atoms with van der Waals surface area (Å²) in [5.41, 5.74) is 2.04. The van der Waals surface area contributed by atoms with Gasteiger partial charge in [0, 0.05) is 10.1 Å². The molecular formula is C13H17NS. The Morgan fingerprint density at radius 2 is 1.87 bits per heavy atom. The van der Waals surface area contributed by atoms with Gasteiger partial charge in [-0.2, -0.15) is 5.26 Å². The van der Waals surface area contributed by atoms with Gasteiger partial charge in [0.05, 0.1) is 5.56 Å². The largest absolute Gasteiger partial charge is 0.192 e. The smallest absolute Gasteiger partial charge is 0.100 e. The lowest BCUT2D eigenvalue weighted by Crippen LogP contribution is -1.93. The second-order valence-electron chi connectivity index (χ2n) is 4.19. The molecule has 0 saturated heterocycles. The molecule has 1 rings (SSSR count). The summed E-state index contributed by atoms with van der Waals surface area (Å²) in [4.78, 5) is 1.09. The Balaban J connectivity index is 3.05. The van der Waals surface area contributed by atoms with Gasteiger partial charge in [-0.3, -0.25) is 0 Å². The van der Waals surface area contributed by atoms with E-state index >= 15 is 0 Å². The fourth-order valence-electron chi connectivity index (χ4n) is 1.35. The van der Waals surface area contributed by atoms with Crippen LogP contribution in [0.15, 0.2) is 23.1 Å². The van der Waals surface area contributed by atoms with Gasteiger partial charge in [0.25, 0.3) is 0 Å². The minimum atomic E-state index is 0.482. The first-order chi connectivity index (χ1) is 7.04. The van der Waals surface area contributed by atoms with Crippen molar-refractivity contribution in [3.05, 3.63) is 29.3 Å². The highest BCUT2D eigenvalue weighted by Crippen LogP contribution is 2.28. The number of nitriles is 1. The Hall–Kier alpha value is -0.940. The molecule has 0 saturated carbocycles. The molecule has 0 aliphatic carbocycles. The summed E-state index contributed by atoms with van der Waals surface area (Å²) in [6.45, 7) is 8.57. The predicted molar refractivity (Wildman–Crippen MR) is 66.2 cm³/mol. The third-order valence-corrected chi connectivity index (χ3v) is 3.23. The molecule has 0 N–H and O–H groups in total. The molecule has 1 nitrogen and oxygen atoms in total. The van der Waals surface area contributed by atoms with Crippen LogP contribution in [-0.2, 0) is 0 Å². The highest BCUT2D eigenvalue weighted by Gasteiger charge is 2.07. The maximum Gasteiger partial charge on any atom is 0.100 e. The molecule has 0 atom stereocenters. The van der Waals surface area contributed by atoms with Gasteiger partial charge in [-0.25, -0.2) is 0 Å². The van der Waals surface area contributed by atoms with E-state index in [2.05, 4.69) is 45.9 Å². The third kappa shape index (κ3) is 3.28. The highest BCUT2D eigenvalue weighted by atomic mass is 32.2. The molecule has 1 aromatic carbocycles. The van der Waals surface area contributed by atoms with Crippen molar-refractivity contribution in [1.82, 2.24) is 0 Å². The van der Waals surface area contributed by atoms with E-state index < -0.39 is 0 Å². The Morgan fingerprint density at radius 3 is 2.33 bits per heavy atom. The van der Waals surface area contributed by atoms with Crippen LogP contribution in [0, 0.1) is 11.3 Å². The lowest BCUT2D eigenvalue weighted by molar-refractivity contribution is 0.863. The molecule has 80 valence electrons. The van der Waals surface area contributed by atoms with Gasteiger partial charge in [-0.15, -0.1) is 11.8 Å². The van der Waals surface area contributed by atoms with E-state index in [9.17, 15) is 0 Å². The fraction of sp³-hybridized carbons (Fsp3) is 0.462. The van der Waals surface area contributed by atoms with E-state index in [0.29, 0.717) is 11.2 Å². The van der Waals surface area contributed by atoms with Crippen LogP contribution in [-0.4, -0.2) is 5.25 Å². The van der Waals surface area contributed by atoms with Crippen molar-refractivity contribution in [2.45, 2.75) is 43.8 Å². The van der Waals surface area contributed by atoms with Crippen LogP contribution in [0.1, 0.15) is 44.7 Å². The zero-order valence-corrected chi connectivity index (χ0v) is 10.6. The van der Waals surface area contributed by atoms with E-state index in [1.807, 2.05) is 6.07 Å². The molecule has 0 aliphatic rings. The summed E-state index contributed by atoms with van der Waals surface area (Å²) < 4.78 is 0. The van der Waals surface area contributed by atoms with Gasteiger partial charge in [0.2, 0.25) is 0 Å². The number of hydrogen-bond acceptors (Lipinski definition) is 2. The molecule has 0 spiro atoms. The van der Waals surface area contributed by atoms with Crippen LogP contribution in [0.2, 0.25) is 0 Å². The normalized spacial score (nSPS) is 10.7. The molecule has 0 unspecified atom stereocenters. The van der Waals surface area contributed by atoms with Crippen molar-refractivity contribution in [3.63, 3.8) is 0 Å². The van der Waals surface area contributed by atoms with Crippen LogP contribution in [0.5, 0.6) is 0 Å². The number of benzene rings is 1. The molecule has 0 radical (unpaired) electrons. The second-order valence-corrected chi connectivity index (χ2v) is 5.81. The zero-order chi connectivity index (χ0) is 11.4. The zero-order valence-electron chi connectivity index (χ0n) is 9.74. The van der Waals surface area contributed by atoms with Gasteiger partial charge in [0.15, 0.2) is 0 Å². The van der Waals surface area contributed by atoms with Crippen molar-refractivity contribution >= 4 is 11.8 Å². The molecule has 0 aromatic heterocycles. The third-order valence-electron chi connectivity index (χ3n) is 2.15. The number of hydrogen-bond donors (Lipinski definition) is 0. The molecule has 0 heterocycles. The molecule has 0 amide bonds. The predicted octanol–water partition coefficient (Wildman–Crippen LogP) is 4.18. The molecule has 15 heavy (non-hydrogen) atoms. The van der Waals surface area contributed by atoms with E-state index in [0.717, 1.165) is 10.5 Å². The second kappa shape index (κ2) is 5.23. The average Bonchev–Trinajstić information content (AvgIpc) is 2.17. The minimum absolute atomic E-state index is 0.482. The van der Waals surface area contributed by atoms with Crippen molar-refractivity contribution in [1.29, 1.82) is 5.26 Å². The summed E-state index contributed by atoms with van der Waals surface area (Å²) in [5, 5.41) is 9.59. The minimum Gasteiger partial charge on any atom is -0.192 e. The van der Waals surface area contributed by atoms with Crippen LogP contribution in [0.25, 0.3) is 0 Å². The van der Waals surface area contributed by atoms with Crippen molar-refractivity contribution in [2.24, 2.45) is 0 Å². The van der Waals surface area contributed by atoms with Gasteiger partial charge in [-0.05, 0) is 23.6 Å². The van der Waals surface area contributed by atoms with Gasteiger partial charge < -0.3 is 0 Å². The molecule has 1 aromatic rings. The van der Waals surface area contributed by atoms with Crippen molar-refractivity contribution in [3.8, 4) is 6.07 Å². The first kappa shape index (κ1) is 12.1. The van der Waals surface area contributed by atoms with Crippen LogP contribution < -0.4 is 0 Å². The van der Waals surface area contributed by atoms with E-state index in [1.165, 1.54) is 5.56 Å². The molecular weight excluding hydrogens is 202 g/mol. The molecule has 0 bridgehead atoms. The van der Waals surface area contributed by atoms with Gasteiger partial charge in [0.1, 0.15) is 6.07 Å². The summed E-state index contributed by atoms with van der Waals surface area (Å²) in [6, 6.07) is 8.47. The SMILES string of the molecule is CC(C)Sc1ccc(C(C)C)cc1C#N. The fourth-order valence-corrected chi connectivity index (χ4v) is 2.24. The molecule has 0 fully saturated rings. The number of thioether (sulfide) groups is 1. The highest BCUT2D eigenvalue weighted by molar-refractivity contribution is 8.00. The van der Waals surface area contributed by atoms with Gasteiger partial charge >= 0.3 is 0 Å². The van der Waals surface area contributed by atoms with Crippen LogP contribution >= 0.6 is 11.8 Å². The average molecular weight is 219 g/mol. The number of rotatable bonds is 3. The Morgan fingerprint density at radius 1 is 1.20 bits per heavy atom. The first-order valence-electron chi connectivity index (χ1n) is 5.25. The standard InChI is InChI=1S/C13H17NS/c1-9(2)11-5-6-13(15-10(3)4)12(7-11)8-14/h5-7,9-10H,1-4H3.